The van der Waals surface area contributed by atoms with Crippen LogP contribution >= 0.6 is 0 Å². The Morgan fingerprint density at radius 2 is 1.62 bits per heavy atom. The maximum Gasteiger partial charge on any atom is 0.227 e. The van der Waals surface area contributed by atoms with Crippen molar-refractivity contribution in [3.05, 3.63) is 84.7 Å². The summed E-state index contributed by atoms with van der Waals surface area (Å²) >= 11 is 0. The van der Waals surface area contributed by atoms with Crippen LogP contribution in [0, 0.1) is 11.7 Å². The minimum atomic E-state index is -0.396. The SMILES string of the molecule is O=C(Nc1ccccc1Oc1cccc(F)c1)C1CCN(C(=O)CCOc2ccccc2)CC1. The number of ether oxygens (including phenoxy) is 2. The lowest BCUT2D eigenvalue weighted by atomic mass is 9.95. The fourth-order valence-electron chi connectivity index (χ4n) is 3.87. The molecule has 3 aromatic rings. The van der Waals surface area contributed by atoms with Crippen LogP contribution in [0.25, 0.3) is 0 Å². The molecule has 1 N–H and O–H groups in total. The first-order valence-electron chi connectivity index (χ1n) is 11.4. The maximum atomic E-state index is 13.5. The molecule has 0 bridgehead atoms. The van der Waals surface area contributed by atoms with Gasteiger partial charge in [-0.25, -0.2) is 4.39 Å². The number of benzene rings is 3. The minimum Gasteiger partial charge on any atom is -0.493 e. The molecule has 1 heterocycles. The van der Waals surface area contributed by atoms with Crippen LogP contribution in [0.3, 0.4) is 0 Å². The number of halogens is 1. The molecule has 0 atom stereocenters. The Hall–Kier alpha value is -3.87. The zero-order chi connectivity index (χ0) is 23.8. The number of para-hydroxylation sites is 3. The first-order chi connectivity index (χ1) is 16.6. The molecule has 0 saturated carbocycles. The molecule has 2 amide bonds. The van der Waals surface area contributed by atoms with Gasteiger partial charge in [-0.05, 0) is 49.2 Å². The van der Waals surface area contributed by atoms with E-state index in [0.717, 1.165) is 5.75 Å². The molecule has 6 nitrogen and oxygen atoms in total. The van der Waals surface area contributed by atoms with Gasteiger partial charge in [0, 0.05) is 25.1 Å². The monoisotopic (exact) mass is 462 g/mol. The van der Waals surface area contributed by atoms with Gasteiger partial charge in [0.2, 0.25) is 11.8 Å². The van der Waals surface area contributed by atoms with E-state index < -0.39 is 5.82 Å². The fraction of sp³-hybridized carbons (Fsp3) is 0.259. The van der Waals surface area contributed by atoms with Crippen molar-refractivity contribution in [3.8, 4) is 17.2 Å². The standard InChI is InChI=1S/C27H27FN2O4/c28-21-7-6-10-23(19-21)34-25-12-5-4-11-24(25)29-27(32)20-13-16-30(17-14-20)26(31)15-18-33-22-8-2-1-3-9-22/h1-12,19-20H,13-18H2,(H,29,32). The number of hydrogen-bond acceptors (Lipinski definition) is 4. The van der Waals surface area contributed by atoms with Gasteiger partial charge in [0.05, 0.1) is 18.7 Å². The topological polar surface area (TPSA) is 67.9 Å². The van der Waals surface area contributed by atoms with Gasteiger partial charge in [-0.15, -0.1) is 0 Å². The van der Waals surface area contributed by atoms with Crippen molar-refractivity contribution in [1.29, 1.82) is 0 Å². The van der Waals surface area contributed by atoms with Gasteiger partial charge in [0.25, 0.3) is 0 Å². The van der Waals surface area contributed by atoms with Crippen molar-refractivity contribution in [2.75, 3.05) is 25.0 Å². The van der Waals surface area contributed by atoms with E-state index in [4.69, 9.17) is 9.47 Å². The van der Waals surface area contributed by atoms with Crippen LogP contribution in [0.5, 0.6) is 17.2 Å². The van der Waals surface area contributed by atoms with E-state index in [1.54, 1.807) is 41.3 Å². The maximum absolute atomic E-state index is 13.5. The summed E-state index contributed by atoms with van der Waals surface area (Å²) in [6.45, 7) is 1.39. The van der Waals surface area contributed by atoms with Crippen LogP contribution in [0.4, 0.5) is 10.1 Å². The van der Waals surface area contributed by atoms with E-state index in [-0.39, 0.29) is 17.7 Å². The second kappa shape index (κ2) is 11.3. The van der Waals surface area contributed by atoms with Gasteiger partial charge >= 0.3 is 0 Å². The number of rotatable bonds is 8. The third-order valence-corrected chi connectivity index (χ3v) is 5.72. The van der Waals surface area contributed by atoms with E-state index in [2.05, 4.69) is 5.32 Å². The van der Waals surface area contributed by atoms with Gasteiger partial charge in [0.1, 0.15) is 17.3 Å². The lowest BCUT2D eigenvalue weighted by Gasteiger charge is -2.31. The highest BCUT2D eigenvalue weighted by molar-refractivity contribution is 5.94. The molecule has 1 saturated heterocycles. The number of nitrogens with one attached hydrogen (secondary N) is 1. The smallest absolute Gasteiger partial charge is 0.227 e. The lowest BCUT2D eigenvalue weighted by molar-refractivity contribution is -0.135. The summed E-state index contributed by atoms with van der Waals surface area (Å²) in [7, 11) is 0. The number of anilines is 1. The Balaban J connectivity index is 1.26. The molecule has 1 aliphatic rings. The zero-order valence-electron chi connectivity index (χ0n) is 18.8. The summed E-state index contributed by atoms with van der Waals surface area (Å²) in [5.41, 5.74) is 0.522. The van der Waals surface area contributed by atoms with Crippen molar-refractivity contribution < 1.29 is 23.5 Å². The molecule has 176 valence electrons. The molecule has 0 spiro atoms. The van der Waals surface area contributed by atoms with Gasteiger partial charge in [-0.2, -0.15) is 0 Å². The molecular formula is C27H27FN2O4. The van der Waals surface area contributed by atoms with E-state index in [1.807, 2.05) is 30.3 Å². The first kappa shape index (κ1) is 23.3. The highest BCUT2D eigenvalue weighted by atomic mass is 19.1. The average molecular weight is 463 g/mol. The third kappa shape index (κ3) is 6.34. The van der Waals surface area contributed by atoms with Gasteiger partial charge in [0.15, 0.2) is 5.75 Å². The fourth-order valence-corrected chi connectivity index (χ4v) is 3.87. The van der Waals surface area contributed by atoms with Gasteiger partial charge < -0.3 is 19.7 Å². The quantitative estimate of drug-likeness (QED) is 0.496. The summed E-state index contributed by atoms with van der Waals surface area (Å²) < 4.78 is 24.9. The molecule has 0 aromatic heterocycles. The summed E-state index contributed by atoms with van der Waals surface area (Å²) in [6, 6.07) is 22.3. The number of carbonyl (C=O) groups excluding carboxylic acids is 2. The number of amides is 2. The Morgan fingerprint density at radius 3 is 2.38 bits per heavy atom. The number of hydrogen-bond donors (Lipinski definition) is 1. The molecule has 4 rings (SSSR count). The van der Waals surface area contributed by atoms with Crippen LogP contribution in [-0.4, -0.2) is 36.4 Å². The molecular weight excluding hydrogens is 435 g/mol. The predicted molar refractivity (Wildman–Crippen MR) is 127 cm³/mol. The molecule has 0 aliphatic carbocycles. The van der Waals surface area contributed by atoms with Crippen LogP contribution in [0.15, 0.2) is 78.9 Å². The first-order valence-corrected chi connectivity index (χ1v) is 11.4. The Kier molecular flexibility index (Phi) is 7.75. The Bertz CT molecular complexity index is 1110. The molecule has 0 unspecified atom stereocenters. The number of nitrogens with zero attached hydrogens (tertiary/aromatic N) is 1. The average Bonchev–Trinajstić information content (AvgIpc) is 2.86. The Morgan fingerprint density at radius 1 is 0.912 bits per heavy atom. The van der Waals surface area contributed by atoms with Crippen LogP contribution < -0.4 is 14.8 Å². The van der Waals surface area contributed by atoms with E-state index in [0.29, 0.717) is 56.1 Å². The number of carbonyl (C=O) groups is 2. The normalized spacial score (nSPS) is 13.9. The van der Waals surface area contributed by atoms with Crippen LogP contribution in [0.2, 0.25) is 0 Å². The third-order valence-electron chi connectivity index (χ3n) is 5.72. The van der Waals surface area contributed by atoms with Crippen LogP contribution in [0.1, 0.15) is 19.3 Å². The summed E-state index contributed by atoms with van der Waals surface area (Å²) in [4.78, 5) is 27.2. The molecule has 3 aromatic carbocycles. The van der Waals surface area contributed by atoms with Crippen molar-refractivity contribution in [2.45, 2.75) is 19.3 Å². The van der Waals surface area contributed by atoms with Gasteiger partial charge in [-0.1, -0.05) is 36.4 Å². The summed E-state index contributed by atoms with van der Waals surface area (Å²) in [6.07, 6.45) is 1.48. The predicted octanol–water partition coefficient (Wildman–Crippen LogP) is 5.26. The van der Waals surface area contributed by atoms with E-state index >= 15 is 0 Å². The zero-order valence-corrected chi connectivity index (χ0v) is 18.8. The number of likely N-dealkylation sites (tertiary alicyclic amines) is 1. The van der Waals surface area contributed by atoms with Crippen molar-refractivity contribution in [1.82, 2.24) is 4.90 Å². The van der Waals surface area contributed by atoms with Crippen molar-refractivity contribution in [2.24, 2.45) is 5.92 Å². The highest BCUT2D eigenvalue weighted by Crippen LogP contribution is 2.30. The molecule has 7 heteroatoms. The summed E-state index contributed by atoms with van der Waals surface area (Å²) in [5.74, 6) is 0.849. The summed E-state index contributed by atoms with van der Waals surface area (Å²) in [5, 5.41) is 2.93. The Labute approximate surface area is 198 Å². The largest absolute Gasteiger partial charge is 0.493 e. The van der Waals surface area contributed by atoms with Crippen molar-refractivity contribution >= 4 is 17.5 Å². The molecule has 0 radical (unpaired) electrons. The van der Waals surface area contributed by atoms with E-state index in [9.17, 15) is 14.0 Å². The minimum absolute atomic E-state index is 0.0311. The lowest BCUT2D eigenvalue weighted by Crippen LogP contribution is -2.41. The second-order valence-electron chi connectivity index (χ2n) is 8.11. The molecule has 34 heavy (non-hydrogen) atoms. The van der Waals surface area contributed by atoms with E-state index in [1.165, 1.54) is 12.1 Å². The van der Waals surface area contributed by atoms with Crippen LogP contribution in [-0.2, 0) is 9.59 Å². The van der Waals surface area contributed by atoms with Crippen molar-refractivity contribution in [3.63, 3.8) is 0 Å². The second-order valence-corrected chi connectivity index (χ2v) is 8.11. The number of piperidine rings is 1. The highest BCUT2D eigenvalue weighted by Gasteiger charge is 2.27. The molecule has 1 fully saturated rings. The molecule has 1 aliphatic heterocycles. The van der Waals surface area contributed by atoms with Gasteiger partial charge in [-0.3, -0.25) is 9.59 Å².